The summed E-state index contributed by atoms with van der Waals surface area (Å²) in [6.45, 7) is 6.78. The average molecular weight is 326 g/mol. The van der Waals surface area contributed by atoms with Gasteiger partial charge >= 0.3 is 13.1 Å². The van der Waals surface area contributed by atoms with Gasteiger partial charge in [0.05, 0.1) is 0 Å². The minimum absolute atomic E-state index is 0.0785. The third-order valence-electron chi connectivity index (χ3n) is 3.74. The van der Waals surface area contributed by atoms with Crippen molar-refractivity contribution in [3.8, 4) is 0 Å². The van der Waals surface area contributed by atoms with E-state index in [1.165, 1.54) is 5.56 Å². The van der Waals surface area contributed by atoms with E-state index in [0.29, 0.717) is 12.0 Å². The number of hydrogen-bond acceptors (Lipinski definition) is 3. The van der Waals surface area contributed by atoms with Crippen LogP contribution in [0, 0.1) is 0 Å². The summed E-state index contributed by atoms with van der Waals surface area (Å²) >= 11 is 0. The molecule has 0 radical (unpaired) electrons. The molecule has 24 heavy (non-hydrogen) atoms. The second kappa shape index (κ2) is 7.51. The molecule has 0 saturated carbocycles. The molecule has 2 amide bonds. The molecule has 0 aliphatic heterocycles. The first-order valence-corrected chi connectivity index (χ1v) is 7.86. The molecule has 0 atom stereocenters. The van der Waals surface area contributed by atoms with Crippen LogP contribution in [-0.4, -0.2) is 23.2 Å². The molecule has 0 unspecified atom stereocenters. The summed E-state index contributed by atoms with van der Waals surface area (Å²) in [4.78, 5) is 11.9. The Balaban J connectivity index is 1.87. The first kappa shape index (κ1) is 18.0. The zero-order valence-electron chi connectivity index (χ0n) is 14.2. The molecule has 0 spiro atoms. The molecular formula is C18H23BN2O3. The summed E-state index contributed by atoms with van der Waals surface area (Å²) in [6.07, 6.45) is 0. The van der Waals surface area contributed by atoms with Gasteiger partial charge in [-0.3, -0.25) is 0 Å². The van der Waals surface area contributed by atoms with Gasteiger partial charge in [0.2, 0.25) is 0 Å². The number of anilines is 1. The van der Waals surface area contributed by atoms with E-state index in [4.69, 9.17) is 10.0 Å². The largest absolute Gasteiger partial charge is 0.488 e. The predicted octanol–water partition coefficient (Wildman–Crippen LogP) is 1.99. The summed E-state index contributed by atoms with van der Waals surface area (Å²) in [7, 11) is -1.48. The summed E-state index contributed by atoms with van der Waals surface area (Å²) in [5.74, 6) is 0. The Kier molecular flexibility index (Phi) is 5.64. The minimum atomic E-state index is -1.48. The second-order valence-corrected chi connectivity index (χ2v) is 6.75. The molecular weight excluding hydrogens is 303 g/mol. The van der Waals surface area contributed by atoms with Crippen LogP contribution in [0.2, 0.25) is 0 Å². The topological polar surface area (TPSA) is 81.6 Å². The van der Waals surface area contributed by atoms with Crippen LogP contribution in [0.15, 0.2) is 48.5 Å². The van der Waals surface area contributed by atoms with Gasteiger partial charge in [-0.15, -0.1) is 0 Å². The molecule has 0 aliphatic carbocycles. The molecule has 0 heterocycles. The number of nitrogens with one attached hydrogen (secondary N) is 2. The van der Waals surface area contributed by atoms with Crippen molar-refractivity contribution in [3.05, 3.63) is 59.7 Å². The highest BCUT2D eigenvalue weighted by atomic mass is 16.4. The number of urea groups is 1. The Labute approximate surface area is 142 Å². The molecule has 2 aromatic rings. The zero-order valence-corrected chi connectivity index (χ0v) is 14.2. The van der Waals surface area contributed by atoms with Crippen molar-refractivity contribution in [1.29, 1.82) is 0 Å². The lowest BCUT2D eigenvalue weighted by molar-refractivity contribution is 0.251. The number of amides is 2. The smallest absolute Gasteiger partial charge is 0.423 e. The minimum Gasteiger partial charge on any atom is -0.423 e. The Morgan fingerprint density at radius 1 is 1.00 bits per heavy atom. The van der Waals surface area contributed by atoms with Gasteiger partial charge in [0.25, 0.3) is 0 Å². The number of carbonyl (C=O) groups is 1. The highest BCUT2D eigenvalue weighted by Gasteiger charge is 2.13. The normalized spacial score (nSPS) is 11.0. The Morgan fingerprint density at radius 2 is 1.58 bits per heavy atom. The van der Waals surface area contributed by atoms with Gasteiger partial charge in [0.15, 0.2) is 0 Å². The molecule has 2 aromatic carbocycles. The average Bonchev–Trinajstić information content (AvgIpc) is 2.53. The first-order valence-electron chi connectivity index (χ1n) is 7.86. The van der Waals surface area contributed by atoms with Crippen LogP contribution in [0.5, 0.6) is 0 Å². The van der Waals surface area contributed by atoms with Gasteiger partial charge in [0, 0.05) is 12.2 Å². The molecule has 0 fully saturated rings. The molecule has 0 aromatic heterocycles. The molecule has 6 heteroatoms. The van der Waals surface area contributed by atoms with E-state index in [0.717, 1.165) is 11.3 Å². The SMILES string of the molecule is CC(C)(C)c1ccc(NC(=O)NCc2ccc(B(O)O)cc2)cc1. The summed E-state index contributed by atoms with van der Waals surface area (Å²) in [5, 5.41) is 23.6. The Morgan fingerprint density at radius 3 is 2.08 bits per heavy atom. The number of benzene rings is 2. The summed E-state index contributed by atoms with van der Waals surface area (Å²) < 4.78 is 0. The maximum absolute atomic E-state index is 11.9. The molecule has 0 aliphatic rings. The van der Waals surface area contributed by atoms with Crippen molar-refractivity contribution in [3.63, 3.8) is 0 Å². The van der Waals surface area contributed by atoms with Crippen LogP contribution >= 0.6 is 0 Å². The van der Waals surface area contributed by atoms with Crippen molar-refractivity contribution in [2.24, 2.45) is 0 Å². The first-order chi connectivity index (χ1) is 11.3. The molecule has 4 N–H and O–H groups in total. The van der Waals surface area contributed by atoms with Crippen molar-refractivity contribution in [1.82, 2.24) is 5.32 Å². The molecule has 126 valence electrons. The maximum Gasteiger partial charge on any atom is 0.488 e. The van der Waals surface area contributed by atoms with E-state index >= 15 is 0 Å². The van der Waals surface area contributed by atoms with Gasteiger partial charge in [-0.05, 0) is 34.1 Å². The van der Waals surface area contributed by atoms with Crippen molar-refractivity contribution < 1.29 is 14.8 Å². The number of rotatable bonds is 4. The fourth-order valence-corrected chi connectivity index (χ4v) is 2.22. The highest BCUT2D eigenvalue weighted by molar-refractivity contribution is 6.58. The fraction of sp³-hybridized carbons (Fsp3) is 0.278. The highest BCUT2D eigenvalue weighted by Crippen LogP contribution is 2.23. The monoisotopic (exact) mass is 326 g/mol. The van der Waals surface area contributed by atoms with Crippen LogP contribution < -0.4 is 16.1 Å². The molecule has 0 saturated heterocycles. The lowest BCUT2D eigenvalue weighted by Crippen LogP contribution is -2.30. The van der Waals surface area contributed by atoms with Crippen molar-refractivity contribution >= 4 is 24.3 Å². The van der Waals surface area contributed by atoms with Crippen molar-refractivity contribution in [2.45, 2.75) is 32.7 Å². The molecule has 2 rings (SSSR count). The number of carbonyl (C=O) groups excluding carboxylic acids is 1. The Hall–Kier alpha value is -2.31. The van der Waals surface area contributed by atoms with Crippen molar-refractivity contribution in [2.75, 3.05) is 5.32 Å². The van der Waals surface area contributed by atoms with E-state index < -0.39 is 7.12 Å². The Bertz CT molecular complexity index is 677. The third-order valence-corrected chi connectivity index (χ3v) is 3.74. The zero-order chi connectivity index (χ0) is 17.7. The van der Waals surface area contributed by atoms with E-state index in [9.17, 15) is 4.79 Å². The van der Waals surface area contributed by atoms with Gasteiger partial charge < -0.3 is 20.7 Å². The lowest BCUT2D eigenvalue weighted by Gasteiger charge is -2.19. The van der Waals surface area contributed by atoms with Gasteiger partial charge in [-0.2, -0.15) is 0 Å². The maximum atomic E-state index is 11.9. The van der Waals surface area contributed by atoms with E-state index in [2.05, 4.69) is 31.4 Å². The quantitative estimate of drug-likeness (QED) is 0.649. The molecule has 0 bridgehead atoms. The van der Waals surface area contributed by atoms with Crippen LogP contribution in [0.1, 0.15) is 31.9 Å². The second-order valence-electron chi connectivity index (χ2n) is 6.75. The van der Waals surface area contributed by atoms with Gasteiger partial charge in [0.1, 0.15) is 0 Å². The predicted molar refractivity (Wildman–Crippen MR) is 97.3 cm³/mol. The van der Waals surface area contributed by atoms with Crippen LogP contribution in [0.4, 0.5) is 10.5 Å². The fourth-order valence-electron chi connectivity index (χ4n) is 2.22. The third kappa shape index (κ3) is 5.11. The number of hydrogen-bond donors (Lipinski definition) is 4. The summed E-state index contributed by atoms with van der Waals surface area (Å²) in [5.41, 5.74) is 3.31. The van der Waals surface area contributed by atoms with E-state index in [1.807, 2.05) is 24.3 Å². The molecule has 5 nitrogen and oxygen atoms in total. The van der Waals surface area contributed by atoms with E-state index in [1.54, 1.807) is 24.3 Å². The van der Waals surface area contributed by atoms with Gasteiger partial charge in [-0.25, -0.2) is 4.79 Å². The van der Waals surface area contributed by atoms with Crippen LogP contribution in [0.25, 0.3) is 0 Å². The summed E-state index contributed by atoms with van der Waals surface area (Å²) in [6, 6.07) is 14.2. The lowest BCUT2D eigenvalue weighted by atomic mass is 9.80. The standard InChI is InChI=1S/C18H23BN2O3/c1-18(2,3)14-6-10-16(11-7-14)21-17(22)20-12-13-4-8-15(9-5-13)19(23)24/h4-11,23-24H,12H2,1-3H3,(H2,20,21,22). The van der Waals surface area contributed by atoms with E-state index in [-0.39, 0.29) is 11.4 Å². The van der Waals surface area contributed by atoms with Gasteiger partial charge in [-0.1, -0.05) is 57.2 Å². The van der Waals surface area contributed by atoms with Crippen LogP contribution in [-0.2, 0) is 12.0 Å². The van der Waals surface area contributed by atoms with Crippen LogP contribution in [0.3, 0.4) is 0 Å².